The molecule has 2 atom stereocenters. The summed E-state index contributed by atoms with van der Waals surface area (Å²) in [5, 5.41) is 32.5. The molecule has 2 unspecified atom stereocenters. The fourth-order valence-electron chi connectivity index (χ4n) is 1.06. The Balaban J connectivity index is 0.000000298. The summed E-state index contributed by atoms with van der Waals surface area (Å²) in [6, 6.07) is 0. The summed E-state index contributed by atoms with van der Waals surface area (Å²) in [6.45, 7) is 0. The Hall–Kier alpha value is -2.18. The Morgan fingerprint density at radius 1 is 0.700 bits per heavy atom. The number of aliphatic hydroxyl groups excluding tert-OH is 2. The van der Waals surface area contributed by atoms with Crippen LogP contribution in [0.25, 0.3) is 0 Å². The van der Waals surface area contributed by atoms with Crippen molar-refractivity contribution in [2.75, 3.05) is 0 Å². The molecule has 2 aliphatic rings. The van der Waals surface area contributed by atoms with Gasteiger partial charge in [0.25, 0.3) is 0 Å². The highest BCUT2D eigenvalue weighted by atomic mass is 16.4. The van der Waals surface area contributed by atoms with Gasteiger partial charge in [0.1, 0.15) is 0 Å². The lowest BCUT2D eigenvalue weighted by Gasteiger charge is -2.07. The van der Waals surface area contributed by atoms with Crippen molar-refractivity contribution in [3.63, 3.8) is 0 Å². The van der Waals surface area contributed by atoms with Crippen molar-refractivity contribution >= 4 is 11.9 Å². The van der Waals surface area contributed by atoms with E-state index in [9.17, 15) is 9.59 Å². The van der Waals surface area contributed by atoms with Crippen LogP contribution in [0.5, 0.6) is 0 Å². The van der Waals surface area contributed by atoms with Gasteiger partial charge in [-0.3, -0.25) is 0 Å². The van der Waals surface area contributed by atoms with E-state index in [1.54, 1.807) is 0 Å². The minimum Gasteiger partial charge on any atom is -0.479 e. The molecule has 20 heavy (non-hydrogen) atoms. The Kier molecular flexibility index (Phi) is 9.55. The lowest BCUT2D eigenvalue weighted by atomic mass is 10.2. The highest BCUT2D eigenvalue weighted by Gasteiger charge is 2.29. The highest BCUT2D eigenvalue weighted by molar-refractivity contribution is 5.83. The predicted octanol–water partition coefficient (Wildman–Crippen LogP) is 0.882. The largest absolute Gasteiger partial charge is 0.479 e. The average molecular weight is 282 g/mol. The van der Waals surface area contributed by atoms with Gasteiger partial charge in [-0.25, -0.2) is 9.59 Å². The van der Waals surface area contributed by atoms with Crippen LogP contribution in [0.1, 0.15) is 12.8 Å². The molecule has 0 saturated carbocycles. The third-order valence-corrected chi connectivity index (χ3v) is 2.12. The van der Waals surface area contributed by atoms with Crippen LogP contribution < -0.4 is 0 Å². The topological polar surface area (TPSA) is 115 Å². The second kappa shape index (κ2) is 10.7. The standard InChI is InChI=1S/2C5H6.C4H6O6/c2*1-2-4-5-3-1;5-1(3(7)8)2(6)4(9)10/h2*1-4H,5H2;1-2,5-6H,(H,7,8)(H,9,10). The van der Waals surface area contributed by atoms with Crippen molar-refractivity contribution in [3.8, 4) is 0 Å². The number of allylic oxidation sites excluding steroid dienone is 8. The van der Waals surface area contributed by atoms with E-state index in [1.807, 2.05) is 0 Å². The summed E-state index contributed by atoms with van der Waals surface area (Å²) in [4.78, 5) is 19.5. The summed E-state index contributed by atoms with van der Waals surface area (Å²) >= 11 is 0. The molecule has 0 spiro atoms. The van der Waals surface area contributed by atoms with Crippen molar-refractivity contribution in [1.29, 1.82) is 0 Å². The van der Waals surface area contributed by atoms with Crippen LogP contribution in [0, 0.1) is 0 Å². The van der Waals surface area contributed by atoms with Crippen LogP contribution >= 0.6 is 0 Å². The minimum atomic E-state index is -2.27. The molecule has 6 heteroatoms. The number of hydrogen-bond donors (Lipinski definition) is 4. The smallest absolute Gasteiger partial charge is 0.335 e. The fourth-order valence-corrected chi connectivity index (χ4v) is 1.06. The van der Waals surface area contributed by atoms with Crippen LogP contribution in [-0.2, 0) is 9.59 Å². The Morgan fingerprint density at radius 2 is 0.950 bits per heavy atom. The Morgan fingerprint density at radius 3 is 1.05 bits per heavy atom. The average Bonchev–Trinajstić information content (AvgIpc) is 3.12. The lowest BCUT2D eigenvalue weighted by molar-refractivity contribution is -0.165. The first-order valence-electron chi connectivity index (χ1n) is 5.92. The van der Waals surface area contributed by atoms with Gasteiger partial charge in [-0.2, -0.15) is 0 Å². The van der Waals surface area contributed by atoms with Crippen molar-refractivity contribution in [2.24, 2.45) is 0 Å². The van der Waals surface area contributed by atoms with Gasteiger partial charge in [0.05, 0.1) is 0 Å². The molecule has 0 bridgehead atoms. The first-order chi connectivity index (χ1) is 9.46. The van der Waals surface area contributed by atoms with E-state index in [0.717, 1.165) is 12.8 Å². The van der Waals surface area contributed by atoms with Gasteiger partial charge in [-0.1, -0.05) is 48.6 Å². The molecular weight excluding hydrogens is 264 g/mol. The molecule has 6 nitrogen and oxygen atoms in total. The van der Waals surface area contributed by atoms with Gasteiger partial charge in [0.2, 0.25) is 0 Å². The number of aliphatic carboxylic acids is 2. The maximum absolute atomic E-state index is 9.77. The molecule has 0 amide bonds. The first-order valence-corrected chi connectivity index (χ1v) is 5.92. The molecule has 110 valence electrons. The SMILES string of the molecule is C1=CCC=C1.C1=CCC=C1.O=C(O)C(O)C(O)C(=O)O. The van der Waals surface area contributed by atoms with E-state index in [1.165, 1.54) is 0 Å². The first kappa shape index (κ1) is 17.8. The molecule has 4 N–H and O–H groups in total. The second-order valence-electron chi connectivity index (χ2n) is 3.75. The van der Waals surface area contributed by atoms with Crippen molar-refractivity contribution in [3.05, 3.63) is 48.6 Å². The number of rotatable bonds is 3. The molecular formula is C14H18O6. The maximum atomic E-state index is 9.77. The third kappa shape index (κ3) is 8.84. The number of carboxylic acids is 2. The van der Waals surface area contributed by atoms with E-state index in [-0.39, 0.29) is 0 Å². The lowest BCUT2D eigenvalue weighted by Crippen LogP contribution is -2.39. The van der Waals surface area contributed by atoms with Gasteiger partial charge in [-0.05, 0) is 12.8 Å². The van der Waals surface area contributed by atoms with E-state index >= 15 is 0 Å². The molecule has 0 aromatic heterocycles. The van der Waals surface area contributed by atoms with Crippen molar-refractivity contribution < 1.29 is 30.0 Å². The van der Waals surface area contributed by atoms with Crippen LogP contribution in [0.2, 0.25) is 0 Å². The quantitative estimate of drug-likeness (QED) is 0.611. The molecule has 0 radical (unpaired) electrons. The second-order valence-corrected chi connectivity index (χ2v) is 3.75. The zero-order chi connectivity index (χ0) is 15.4. The van der Waals surface area contributed by atoms with Crippen LogP contribution in [-0.4, -0.2) is 44.6 Å². The molecule has 2 rings (SSSR count). The van der Waals surface area contributed by atoms with Crippen molar-refractivity contribution in [1.82, 2.24) is 0 Å². The number of aliphatic hydroxyl groups is 2. The third-order valence-electron chi connectivity index (χ3n) is 2.12. The number of carbonyl (C=O) groups is 2. The summed E-state index contributed by atoms with van der Waals surface area (Å²) in [6.07, 6.45) is 14.5. The fraction of sp³-hybridized carbons (Fsp3) is 0.286. The van der Waals surface area contributed by atoms with Gasteiger partial charge in [0.15, 0.2) is 12.2 Å². The summed E-state index contributed by atoms with van der Waals surface area (Å²) < 4.78 is 0. The molecule has 0 aromatic rings. The van der Waals surface area contributed by atoms with E-state index in [2.05, 4.69) is 48.6 Å². The molecule has 2 aliphatic carbocycles. The highest BCUT2D eigenvalue weighted by Crippen LogP contribution is 1.94. The summed E-state index contributed by atoms with van der Waals surface area (Å²) in [5.41, 5.74) is 0. The van der Waals surface area contributed by atoms with Crippen molar-refractivity contribution in [2.45, 2.75) is 25.0 Å². The van der Waals surface area contributed by atoms with E-state index < -0.39 is 24.1 Å². The predicted molar refractivity (Wildman–Crippen MR) is 73.1 cm³/mol. The van der Waals surface area contributed by atoms with E-state index in [4.69, 9.17) is 20.4 Å². The molecule has 0 aromatic carbocycles. The number of carboxylic acid groups (broad SMARTS) is 2. The van der Waals surface area contributed by atoms with E-state index in [0.29, 0.717) is 0 Å². The zero-order valence-electron chi connectivity index (χ0n) is 10.8. The van der Waals surface area contributed by atoms with Crippen LogP contribution in [0.3, 0.4) is 0 Å². The van der Waals surface area contributed by atoms with Gasteiger partial charge in [0, 0.05) is 0 Å². The molecule has 0 heterocycles. The van der Waals surface area contributed by atoms with Gasteiger partial charge >= 0.3 is 11.9 Å². The van der Waals surface area contributed by atoms with Crippen LogP contribution in [0.4, 0.5) is 0 Å². The Bertz CT molecular complexity index is 359. The van der Waals surface area contributed by atoms with Gasteiger partial charge in [-0.15, -0.1) is 0 Å². The molecule has 0 aliphatic heterocycles. The number of hydrogen-bond acceptors (Lipinski definition) is 4. The zero-order valence-corrected chi connectivity index (χ0v) is 10.8. The Labute approximate surface area is 116 Å². The summed E-state index contributed by atoms with van der Waals surface area (Å²) in [7, 11) is 0. The maximum Gasteiger partial charge on any atom is 0.335 e. The summed E-state index contributed by atoms with van der Waals surface area (Å²) in [5.74, 6) is -3.54. The molecule has 0 saturated heterocycles. The molecule has 0 fully saturated rings. The minimum absolute atomic E-state index is 1.14. The monoisotopic (exact) mass is 282 g/mol. The van der Waals surface area contributed by atoms with Crippen LogP contribution in [0.15, 0.2) is 48.6 Å². The van der Waals surface area contributed by atoms with Gasteiger partial charge < -0.3 is 20.4 Å². The normalized spacial score (nSPS) is 16.7.